The maximum atomic E-state index is 8.44. The van der Waals surface area contributed by atoms with E-state index < -0.39 is 61.5 Å². The quantitative estimate of drug-likeness (QED) is 0.0668. The molecule has 0 aliphatic carbocycles. The van der Waals surface area contributed by atoms with Crippen LogP contribution < -0.4 is 15.6 Å². The first-order chi connectivity index (χ1) is 70.0. The topological polar surface area (TPSA) is 155 Å². The van der Waals surface area contributed by atoms with E-state index in [4.69, 9.17) is 31.9 Å². The normalized spacial score (nSPS) is 12.9. The Hall–Kier alpha value is -12.7. The van der Waals surface area contributed by atoms with Gasteiger partial charge in [-0.3, -0.25) is 0 Å². The largest absolute Gasteiger partial charge is 0.486 e. The van der Waals surface area contributed by atoms with Gasteiger partial charge in [0.05, 0.1) is 58.1 Å². The molecular weight excluding hydrogens is 2310 g/mol. The zero-order valence-corrected chi connectivity index (χ0v) is 92.5. The number of aryl methyl sites for hydroxylation is 3. The fourth-order valence-electron chi connectivity index (χ4n) is 16.4. The fraction of sp³-hybridized carbons (Fsp3) is 0.195. The summed E-state index contributed by atoms with van der Waals surface area (Å²) in [5.41, 5.74) is 24.7. The smallest absolute Gasteiger partial charge is 0.216 e. The van der Waals surface area contributed by atoms with Crippen LogP contribution in [0.15, 0.2) is 336 Å². The number of pyridine rings is 9. The molecule has 9 aromatic carbocycles. The number of fused-ring (bicyclic) bond motifs is 9. The summed E-state index contributed by atoms with van der Waals surface area (Å²) >= 11 is 0. The third-order valence-corrected chi connectivity index (χ3v) is 29.8. The van der Waals surface area contributed by atoms with Crippen LogP contribution in [0.3, 0.4) is 0 Å². The Morgan fingerprint density at radius 3 is 1.02 bits per heavy atom. The molecule has 0 saturated carbocycles. The van der Waals surface area contributed by atoms with Crippen molar-refractivity contribution in [1.29, 1.82) is 0 Å². The van der Waals surface area contributed by atoms with Crippen molar-refractivity contribution in [3.63, 3.8) is 0 Å². The molecule has 0 spiro atoms. The molecule has 0 bridgehead atoms. The molecule has 18 heteroatoms. The van der Waals surface area contributed by atoms with Crippen molar-refractivity contribution >= 4 is 106 Å². The summed E-state index contributed by atoms with van der Waals surface area (Å²) in [6.07, 6.45) is 11.0. The van der Waals surface area contributed by atoms with Crippen molar-refractivity contribution < 1.29 is 87.3 Å². The Kier molecular flexibility index (Phi) is 30.6. The van der Waals surface area contributed by atoms with E-state index in [1.807, 2.05) is 305 Å². The molecule has 0 aliphatic heterocycles. The first-order valence-electron chi connectivity index (χ1n) is 51.2. The van der Waals surface area contributed by atoms with Crippen molar-refractivity contribution in [3.05, 3.63) is 398 Å². The average molecular weight is 2440 g/mol. The van der Waals surface area contributed by atoms with Gasteiger partial charge in [-0.25, -0.2) is 15.0 Å². The molecule has 3 radical (unpaired) electrons. The summed E-state index contributed by atoms with van der Waals surface area (Å²) in [4.78, 5) is 41.1. The summed E-state index contributed by atoms with van der Waals surface area (Å²) in [5.74, 6) is -2.51. The van der Waals surface area contributed by atoms with Crippen molar-refractivity contribution in [2.45, 2.75) is 159 Å². The van der Waals surface area contributed by atoms with Gasteiger partial charge >= 0.3 is 0 Å². The van der Waals surface area contributed by atoms with Gasteiger partial charge in [-0.1, -0.05) is 280 Å². The zero-order chi connectivity index (χ0) is 106. The molecule has 12 nitrogen and oxygen atoms in total. The maximum absolute atomic E-state index is 8.44. The first kappa shape index (κ1) is 92.1. The molecule has 12 heterocycles. The van der Waals surface area contributed by atoms with Crippen molar-refractivity contribution in [2.24, 2.45) is 0 Å². The van der Waals surface area contributed by atoms with Crippen molar-refractivity contribution in [1.82, 2.24) is 44.9 Å². The van der Waals surface area contributed by atoms with Crippen LogP contribution in [0.4, 0.5) is 0 Å². The summed E-state index contributed by atoms with van der Waals surface area (Å²) in [6, 6.07) is 110. The predicted molar refractivity (Wildman–Crippen MR) is 582 cm³/mol. The fourth-order valence-corrected chi connectivity index (χ4v) is 21.2. The Morgan fingerprint density at radius 2 is 0.652 bits per heavy atom. The second kappa shape index (κ2) is 46.8. The van der Waals surface area contributed by atoms with Gasteiger partial charge in [0.2, 0.25) is 17.1 Å². The second-order valence-electron chi connectivity index (χ2n) is 38.1. The summed E-state index contributed by atoms with van der Waals surface area (Å²) < 4.78 is 98.0. The van der Waals surface area contributed by atoms with E-state index in [1.165, 1.54) is 27.8 Å². The van der Waals surface area contributed by atoms with Crippen molar-refractivity contribution in [3.8, 4) is 101 Å². The number of rotatable bonds is 16. The van der Waals surface area contributed by atoms with Gasteiger partial charge in [0.25, 0.3) is 0 Å². The monoisotopic (exact) mass is 2440 g/mol. The third-order valence-electron chi connectivity index (χ3n) is 23.8. The van der Waals surface area contributed by atoms with Gasteiger partial charge in [-0.15, -0.1) is 179 Å². The van der Waals surface area contributed by atoms with E-state index in [9.17, 15) is 0 Å². The van der Waals surface area contributed by atoms with E-state index in [0.717, 1.165) is 145 Å². The van der Waals surface area contributed by atoms with Crippen LogP contribution in [0.1, 0.15) is 132 Å². The molecule has 0 atom stereocenters. The maximum Gasteiger partial charge on any atom is 0.216 e. The van der Waals surface area contributed by atoms with Gasteiger partial charge in [0.15, 0.2) is 0 Å². The van der Waals surface area contributed by atoms with Gasteiger partial charge in [-0.2, -0.15) is 0 Å². The van der Waals surface area contributed by atoms with Crippen molar-refractivity contribution in [2.75, 3.05) is 0 Å². The van der Waals surface area contributed by atoms with Gasteiger partial charge in [0.1, 0.15) is 0 Å². The number of furan rings is 3. The Balaban J connectivity index is 0.000000152. The Bertz CT molecular complexity index is 7840. The number of hydrogen-bond acceptors (Lipinski definition) is 12. The van der Waals surface area contributed by atoms with Crippen LogP contribution >= 0.6 is 0 Å². The van der Waals surface area contributed by atoms with E-state index in [-0.39, 0.29) is 71.4 Å². The average Bonchev–Trinajstić information content (AvgIpc) is 1.73. The summed E-state index contributed by atoms with van der Waals surface area (Å²) in [6.45, 7) is 33.6. The van der Waals surface area contributed by atoms with Gasteiger partial charge in [-0.05, 0) is 160 Å². The number of hydrogen-bond donors (Lipinski definition) is 0. The van der Waals surface area contributed by atoms with E-state index >= 15 is 0 Å². The Morgan fingerprint density at radius 1 is 0.291 bits per heavy atom. The van der Waals surface area contributed by atoms with Gasteiger partial charge < -0.3 is 43.2 Å². The summed E-state index contributed by atoms with van der Waals surface area (Å²) in [7, 11) is -4.51. The predicted octanol–water partition coefficient (Wildman–Crippen LogP) is 31.2. The molecule has 0 unspecified atom stereocenters. The molecule has 141 heavy (non-hydrogen) atoms. The van der Waals surface area contributed by atoms with Crippen LogP contribution in [-0.4, -0.2) is 69.1 Å². The van der Waals surface area contributed by atoms with Crippen LogP contribution in [0.2, 0.25) is 58.9 Å². The second-order valence-corrected chi connectivity index (χ2v) is 53.2. The van der Waals surface area contributed by atoms with E-state index in [1.54, 1.807) is 42.7 Å². The molecule has 21 rings (SSSR count). The SMILES string of the molecule is [2H]C(C)(C)c1cc(-c2[c-]cccc2)ncc1[Si](C)(C)C.[2H]C(C)(C)c1cc(-c2[c-]cccc2)ncc1[Si](C)(C)C.[2H]C(C)(C)c1cc(-c2[c-]cccc2)ncc1[Si](C)(C)C.[2H]C(C)(C)c1ccnc(-c2[c-]cc3oc4nc(-c5ccccc5)ccc4c3c2)c1.[2H]C([2H])([2H])c1cccc(C)c1-c1ccc2c(n1)oc1c[c-]c(-c3ccccn3)cc12.[2H]C([2H])([2H])c1ccnc(-c2[c-]cc3oc4nc(-c5ccccc5)ccc4c3c2)c1.[Ir].[Ir].[Ir]. The molecule has 0 saturated heterocycles. The zero-order valence-electron chi connectivity index (χ0n) is 92.3. The van der Waals surface area contributed by atoms with Crippen LogP contribution in [0.5, 0.6) is 0 Å². The number of benzene rings is 9. The number of nitrogens with zero attached hydrogens (tertiary/aromatic N) is 9. The molecule has 0 N–H and O–H groups in total. The van der Waals surface area contributed by atoms with E-state index in [0.29, 0.717) is 50.8 Å². The van der Waals surface area contributed by atoms with Gasteiger partial charge in [0, 0.05) is 144 Å². The molecule has 717 valence electrons. The molecule has 12 aromatic heterocycles. The van der Waals surface area contributed by atoms with E-state index in [2.05, 4.69) is 159 Å². The minimum atomic E-state index is -2.22. The Labute approximate surface area is 888 Å². The minimum absolute atomic E-state index is 0. The summed E-state index contributed by atoms with van der Waals surface area (Å²) in [5, 5.41) is 9.34. The van der Waals surface area contributed by atoms with Crippen LogP contribution in [0.25, 0.3) is 168 Å². The molecule has 21 aromatic rings. The molecule has 0 amide bonds. The minimum Gasteiger partial charge on any atom is -0.486 e. The number of aromatic nitrogens is 9. The van der Waals surface area contributed by atoms with Crippen LogP contribution in [0, 0.1) is 57.0 Å². The molecule has 0 fully saturated rings. The molecular formula is C123H117Ir3N9O3Si3-6. The first-order valence-corrected chi connectivity index (χ1v) is 56.7. The molecule has 0 aliphatic rings. The third kappa shape index (κ3) is 25.5. The standard InChI is InChI=1S/C25H19N2O.C24H17N2O.C23H15N2O.3C17H22NSi.3Ir/c1-16(2)18-12-13-26-23(15-18)19-8-11-24-21(14-19)20-9-10-22(27-25(20)28-24)17-6-4-3-5-7-17;1-15-6-5-7-16(2)23(15)21-11-10-18-19-14-17(20-8-3-4-13-25-20)9-12-22(19)27-24(18)26-21;1-15-11-12-24-21(13-15)17-7-10-22-19(14-17)18-8-9-20(25-23(18)26-22)16-5-3-2-4-6-16;3*1-13(2)15-11-16(14-9-7-6-8-10-14)18-12-17(15)19(3,4)5;;;/h3-7,9-16H,1-2H3;3-8,10-14H,1-2H3;2-6,8-14H,1H3;3*6-9,11-13H,1-5H3;;;/q6*-1;;;/i16D;2*1D3;3*13D;;;. The van der Waals surface area contributed by atoms with Crippen LogP contribution in [-0.2, 0) is 60.3 Å².